The van der Waals surface area contributed by atoms with Crippen molar-refractivity contribution in [2.75, 3.05) is 20.3 Å². The van der Waals surface area contributed by atoms with Crippen LogP contribution in [-0.4, -0.2) is 47.0 Å². The van der Waals surface area contributed by atoms with Crippen molar-refractivity contribution in [3.05, 3.63) is 65.9 Å². The zero-order valence-electron chi connectivity index (χ0n) is 20.5. The molecule has 2 fully saturated rings. The SMILES string of the molecule is CCc1nn(-c2ccccc2)c(Oc2ccccc2OC)c1CN(C[C@@H]1CCCO1)C(=O)C1CC1. The van der Waals surface area contributed by atoms with Crippen LogP contribution in [0.25, 0.3) is 5.69 Å². The second kappa shape index (κ2) is 10.5. The predicted molar refractivity (Wildman–Crippen MR) is 133 cm³/mol. The standard InChI is InChI=1S/C28H33N3O4/c1-3-24-23(19-30(27(32)20-15-16-20)18-22-12-9-17-34-22)28(31(29-24)21-10-5-4-6-11-21)35-26-14-8-7-13-25(26)33-2/h4-8,10-11,13-14,20,22H,3,9,12,15-19H2,1-2H3/t22-/m0/s1. The van der Waals surface area contributed by atoms with Crippen molar-refractivity contribution in [1.82, 2.24) is 14.7 Å². The Morgan fingerprint density at radius 1 is 1.09 bits per heavy atom. The van der Waals surface area contributed by atoms with Crippen LogP contribution in [0, 0.1) is 5.92 Å². The zero-order valence-corrected chi connectivity index (χ0v) is 20.5. The van der Waals surface area contributed by atoms with Gasteiger partial charge in [0.2, 0.25) is 11.8 Å². The number of hydrogen-bond acceptors (Lipinski definition) is 5. The Kier molecular flexibility index (Phi) is 7.04. The number of ether oxygens (including phenoxy) is 3. The van der Waals surface area contributed by atoms with Gasteiger partial charge < -0.3 is 19.1 Å². The summed E-state index contributed by atoms with van der Waals surface area (Å²) >= 11 is 0. The molecule has 1 saturated carbocycles. The van der Waals surface area contributed by atoms with E-state index < -0.39 is 0 Å². The average Bonchev–Trinajstić information content (AvgIpc) is 3.52. The Morgan fingerprint density at radius 2 is 1.83 bits per heavy atom. The molecule has 1 atom stereocenters. The number of nitrogens with zero attached hydrogens (tertiary/aromatic N) is 3. The maximum atomic E-state index is 13.3. The van der Waals surface area contributed by atoms with Gasteiger partial charge in [0.1, 0.15) is 0 Å². The molecule has 5 rings (SSSR count). The van der Waals surface area contributed by atoms with Crippen molar-refractivity contribution >= 4 is 5.91 Å². The van der Waals surface area contributed by atoms with Gasteiger partial charge >= 0.3 is 0 Å². The van der Waals surface area contributed by atoms with Crippen LogP contribution in [0.3, 0.4) is 0 Å². The topological polar surface area (TPSA) is 65.8 Å². The lowest BCUT2D eigenvalue weighted by atomic mass is 10.1. The lowest BCUT2D eigenvalue weighted by Gasteiger charge is -2.26. The number of rotatable bonds is 10. The summed E-state index contributed by atoms with van der Waals surface area (Å²) in [6, 6.07) is 17.5. The van der Waals surface area contributed by atoms with Crippen LogP contribution in [0.2, 0.25) is 0 Å². The molecule has 2 heterocycles. The largest absolute Gasteiger partial charge is 0.493 e. The smallest absolute Gasteiger partial charge is 0.228 e. The van der Waals surface area contributed by atoms with E-state index in [-0.39, 0.29) is 17.9 Å². The second-order valence-electron chi connectivity index (χ2n) is 9.21. The van der Waals surface area contributed by atoms with Crippen molar-refractivity contribution in [2.24, 2.45) is 5.92 Å². The van der Waals surface area contributed by atoms with Crippen molar-refractivity contribution in [3.8, 4) is 23.1 Å². The molecule has 7 nitrogen and oxygen atoms in total. The highest BCUT2D eigenvalue weighted by Gasteiger charge is 2.36. The van der Waals surface area contributed by atoms with Gasteiger partial charge in [-0.25, -0.2) is 4.68 Å². The van der Waals surface area contributed by atoms with E-state index in [9.17, 15) is 4.79 Å². The minimum Gasteiger partial charge on any atom is -0.493 e. The molecule has 2 aliphatic rings. The molecule has 3 aromatic rings. The van der Waals surface area contributed by atoms with Gasteiger partial charge in [0.15, 0.2) is 11.5 Å². The van der Waals surface area contributed by atoms with Gasteiger partial charge in [-0.1, -0.05) is 37.3 Å². The number of carbonyl (C=O) groups is 1. The maximum Gasteiger partial charge on any atom is 0.228 e. The Balaban J connectivity index is 1.56. The number of benzene rings is 2. The highest BCUT2D eigenvalue weighted by Crippen LogP contribution is 2.38. The van der Waals surface area contributed by atoms with E-state index in [0.29, 0.717) is 30.5 Å². The molecule has 7 heteroatoms. The van der Waals surface area contributed by atoms with E-state index in [2.05, 4.69) is 6.92 Å². The zero-order chi connectivity index (χ0) is 24.2. The third-order valence-corrected chi connectivity index (χ3v) is 6.67. The Bertz CT molecular complexity index is 1150. The van der Waals surface area contributed by atoms with Crippen LogP contribution < -0.4 is 9.47 Å². The molecular weight excluding hydrogens is 442 g/mol. The molecule has 1 amide bonds. The molecular formula is C28H33N3O4. The van der Waals surface area contributed by atoms with Gasteiger partial charge in [-0.05, 0) is 56.4 Å². The highest BCUT2D eigenvalue weighted by atomic mass is 16.5. The number of aryl methyl sites for hydroxylation is 1. The first-order chi connectivity index (χ1) is 17.2. The van der Waals surface area contributed by atoms with E-state index in [0.717, 1.165) is 55.7 Å². The first kappa shape index (κ1) is 23.4. The first-order valence-corrected chi connectivity index (χ1v) is 12.5. The van der Waals surface area contributed by atoms with Crippen molar-refractivity contribution < 1.29 is 19.0 Å². The molecule has 0 spiro atoms. The van der Waals surface area contributed by atoms with Gasteiger partial charge in [-0.3, -0.25) is 4.79 Å². The van der Waals surface area contributed by atoms with Crippen molar-refractivity contribution in [3.63, 3.8) is 0 Å². The summed E-state index contributed by atoms with van der Waals surface area (Å²) in [7, 11) is 1.63. The average molecular weight is 476 g/mol. The molecule has 1 aliphatic carbocycles. The van der Waals surface area contributed by atoms with Gasteiger partial charge in [0.25, 0.3) is 0 Å². The Hall–Kier alpha value is -3.32. The summed E-state index contributed by atoms with van der Waals surface area (Å²) in [5, 5.41) is 4.94. The molecule has 0 radical (unpaired) electrons. The summed E-state index contributed by atoms with van der Waals surface area (Å²) in [5.41, 5.74) is 2.74. The maximum absolute atomic E-state index is 13.3. The Labute approximate surface area is 206 Å². The van der Waals surface area contributed by atoms with Crippen LogP contribution >= 0.6 is 0 Å². The summed E-state index contributed by atoms with van der Waals surface area (Å²) in [5.74, 6) is 2.19. The van der Waals surface area contributed by atoms with E-state index in [1.807, 2.05) is 64.2 Å². The third-order valence-electron chi connectivity index (χ3n) is 6.67. The third kappa shape index (κ3) is 5.20. The summed E-state index contributed by atoms with van der Waals surface area (Å²) in [6.45, 7) is 3.89. The monoisotopic (exact) mass is 475 g/mol. The molecule has 1 aromatic heterocycles. The highest BCUT2D eigenvalue weighted by molar-refractivity contribution is 5.81. The van der Waals surface area contributed by atoms with Gasteiger partial charge in [-0.15, -0.1) is 0 Å². The lowest BCUT2D eigenvalue weighted by molar-refractivity contribution is -0.134. The predicted octanol–water partition coefficient (Wildman–Crippen LogP) is 5.15. The van der Waals surface area contributed by atoms with Crippen LogP contribution in [0.5, 0.6) is 17.4 Å². The fraction of sp³-hybridized carbons (Fsp3) is 0.429. The van der Waals surface area contributed by atoms with E-state index in [1.165, 1.54) is 0 Å². The fourth-order valence-electron chi connectivity index (χ4n) is 4.62. The van der Waals surface area contributed by atoms with E-state index in [4.69, 9.17) is 19.3 Å². The van der Waals surface area contributed by atoms with Crippen molar-refractivity contribution in [2.45, 2.75) is 51.7 Å². The number of para-hydroxylation sites is 3. The molecule has 0 bridgehead atoms. The van der Waals surface area contributed by atoms with E-state index >= 15 is 0 Å². The summed E-state index contributed by atoms with van der Waals surface area (Å²) in [6.07, 6.45) is 4.78. The summed E-state index contributed by atoms with van der Waals surface area (Å²) in [4.78, 5) is 15.3. The molecule has 35 heavy (non-hydrogen) atoms. The number of hydrogen-bond donors (Lipinski definition) is 0. The minimum atomic E-state index is 0.0885. The molecule has 1 saturated heterocycles. The Morgan fingerprint density at radius 3 is 2.49 bits per heavy atom. The second-order valence-corrected chi connectivity index (χ2v) is 9.21. The first-order valence-electron chi connectivity index (χ1n) is 12.5. The van der Waals surface area contributed by atoms with Crippen LogP contribution in [0.1, 0.15) is 43.9 Å². The van der Waals surface area contributed by atoms with Crippen LogP contribution in [-0.2, 0) is 22.5 Å². The number of aromatic nitrogens is 2. The molecule has 1 aliphatic heterocycles. The molecule has 184 valence electrons. The van der Waals surface area contributed by atoms with Crippen molar-refractivity contribution in [1.29, 1.82) is 0 Å². The fourth-order valence-corrected chi connectivity index (χ4v) is 4.62. The number of carbonyl (C=O) groups excluding carboxylic acids is 1. The van der Waals surface area contributed by atoms with Crippen LogP contribution in [0.4, 0.5) is 0 Å². The molecule has 2 aromatic carbocycles. The van der Waals surface area contributed by atoms with Gasteiger partial charge in [0.05, 0.1) is 36.7 Å². The number of amides is 1. The number of methoxy groups -OCH3 is 1. The van der Waals surface area contributed by atoms with Gasteiger partial charge in [-0.2, -0.15) is 5.10 Å². The van der Waals surface area contributed by atoms with Crippen LogP contribution in [0.15, 0.2) is 54.6 Å². The normalized spacial score (nSPS) is 17.4. The quantitative estimate of drug-likeness (QED) is 0.406. The molecule has 0 N–H and O–H groups in total. The van der Waals surface area contributed by atoms with E-state index in [1.54, 1.807) is 7.11 Å². The summed E-state index contributed by atoms with van der Waals surface area (Å²) < 4.78 is 19.8. The lowest BCUT2D eigenvalue weighted by Crippen LogP contribution is -2.38. The van der Waals surface area contributed by atoms with Gasteiger partial charge in [0, 0.05) is 19.1 Å². The molecule has 0 unspecified atom stereocenters. The minimum absolute atomic E-state index is 0.0885.